The van der Waals surface area contributed by atoms with Gasteiger partial charge in [-0.15, -0.1) is 0 Å². The van der Waals surface area contributed by atoms with Crippen LogP contribution in [0.5, 0.6) is 0 Å². The first-order valence-electron chi connectivity index (χ1n) is 6.08. The fourth-order valence-corrected chi connectivity index (χ4v) is 2.38. The van der Waals surface area contributed by atoms with E-state index >= 15 is 0 Å². The Hall–Kier alpha value is -0.805. The monoisotopic (exact) mass is 546 g/mol. The van der Waals surface area contributed by atoms with E-state index in [-0.39, 0.29) is 37.5 Å². The molecule has 9 heteroatoms. The van der Waals surface area contributed by atoms with Gasteiger partial charge in [0.05, 0.1) is 9.79 Å². The Morgan fingerprint density at radius 1 is 0.609 bits per heavy atom. The molecule has 0 aromatic heterocycles. The Morgan fingerprint density at radius 3 is 1.00 bits per heavy atom. The maximum atomic E-state index is 10.5. The summed E-state index contributed by atoms with van der Waals surface area (Å²) in [6.07, 6.45) is 0. The van der Waals surface area contributed by atoms with E-state index in [1.165, 1.54) is 24.3 Å². The molecule has 0 heterocycles. The summed E-state index contributed by atoms with van der Waals surface area (Å²) < 4.78 is 59.1. The van der Waals surface area contributed by atoms with Crippen molar-refractivity contribution in [1.82, 2.24) is 0 Å². The van der Waals surface area contributed by atoms with Gasteiger partial charge in [0.2, 0.25) is 0 Å². The third-order valence-electron chi connectivity index (χ3n) is 2.64. The van der Waals surface area contributed by atoms with Crippen LogP contribution in [0.4, 0.5) is 0 Å². The third kappa shape index (κ3) is 8.02. The van der Waals surface area contributed by atoms with Crippen LogP contribution < -0.4 is 0 Å². The molecule has 122 valence electrons. The van der Waals surface area contributed by atoms with Gasteiger partial charge in [-0.3, -0.25) is 9.11 Å². The molecule has 2 rings (SSSR count). The summed E-state index contributed by atoms with van der Waals surface area (Å²) in [6.45, 7) is 3.68. The number of hydrogen-bond acceptors (Lipinski definition) is 4. The van der Waals surface area contributed by atoms with Crippen molar-refractivity contribution >= 4 is 20.2 Å². The Bertz CT molecular complexity index is 752. The molecular formula is C14H16HgO6S2. The quantitative estimate of drug-likeness (QED) is 0.444. The van der Waals surface area contributed by atoms with Crippen molar-refractivity contribution in [3.63, 3.8) is 0 Å². The number of rotatable bonds is 2. The molecule has 6 nitrogen and oxygen atoms in total. The van der Waals surface area contributed by atoms with Crippen LogP contribution in [-0.4, -0.2) is 25.9 Å². The molecule has 0 spiro atoms. The summed E-state index contributed by atoms with van der Waals surface area (Å²) in [5.74, 6) is 0. The Kier molecular flexibility index (Phi) is 8.57. The molecule has 0 unspecified atom stereocenters. The molecular weight excluding hydrogens is 529 g/mol. The molecule has 0 aliphatic carbocycles. The molecule has 2 aromatic rings. The fourth-order valence-electron chi connectivity index (χ4n) is 1.42. The van der Waals surface area contributed by atoms with Crippen molar-refractivity contribution < 1.29 is 53.6 Å². The van der Waals surface area contributed by atoms with Gasteiger partial charge >= 0.3 is 0 Å². The molecule has 0 fully saturated rings. The molecule has 2 aromatic carbocycles. The van der Waals surface area contributed by atoms with Crippen molar-refractivity contribution in [2.75, 3.05) is 0 Å². The second-order valence-electron chi connectivity index (χ2n) is 4.58. The molecule has 0 bridgehead atoms. The second kappa shape index (κ2) is 8.88. The summed E-state index contributed by atoms with van der Waals surface area (Å²) in [5, 5.41) is 0. The first kappa shape index (κ1) is 22.2. The van der Waals surface area contributed by atoms with Crippen LogP contribution in [0, 0.1) is 13.8 Å². The van der Waals surface area contributed by atoms with E-state index in [0.717, 1.165) is 11.1 Å². The van der Waals surface area contributed by atoms with Crippen molar-refractivity contribution in [2.24, 2.45) is 0 Å². The summed E-state index contributed by atoms with van der Waals surface area (Å²) in [4.78, 5) is -0.133. The van der Waals surface area contributed by atoms with Crippen LogP contribution in [-0.2, 0) is 47.9 Å². The predicted molar refractivity (Wildman–Crippen MR) is 82.0 cm³/mol. The number of benzene rings is 2. The third-order valence-corrected chi connectivity index (χ3v) is 4.37. The average Bonchev–Trinajstić information content (AvgIpc) is 2.38. The van der Waals surface area contributed by atoms with Crippen LogP contribution in [0.2, 0.25) is 0 Å². The van der Waals surface area contributed by atoms with E-state index in [2.05, 4.69) is 0 Å². The van der Waals surface area contributed by atoms with Gasteiger partial charge in [0, 0.05) is 27.7 Å². The second-order valence-corrected chi connectivity index (χ2v) is 7.42. The minimum Gasteiger partial charge on any atom is -0.282 e. The van der Waals surface area contributed by atoms with Gasteiger partial charge in [0.15, 0.2) is 0 Å². The van der Waals surface area contributed by atoms with Crippen LogP contribution >= 0.6 is 0 Å². The van der Waals surface area contributed by atoms with Crippen LogP contribution in [0.25, 0.3) is 0 Å². The van der Waals surface area contributed by atoms with Gasteiger partial charge in [0.1, 0.15) is 0 Å². The smallest absolute Gasteiger partial charge is 0.282 e. The van der Waals surface area contributed by atoms with Crippen LogP contribution in [0.1, 0.15) is 11.1 Å². The minimum atomic E-state index is -4.02. The van der Waals surface area contributed by atoms with E-state index in [1.54, 1.807) is 24.3 Å². The zero-order chi connectivity index (χ0) is 17.0. The topological polar surface area (TPSA) is 109 Å². The van der Waals surface area contributed by atoms with Gasteiger partial charge in [0.25, 0.3) is 20.2 Å². The zero-order valence-electron chi connectivity index (χ0n) is 12.7. The maximum Gasteiger partial charge on any atom is 0.294 e. The van der Waals surface area contributed by atoms with Gasteiger partial charge in [-0.05, 0) is 38.1 Å². The molecule has 0 aliphatic rings. The average molecular weight is 545 g/mol. The predicted octanol–water partition coefficient (Wildman–Crippen LogP) is 2.48. The molecule has 0 aliphatic heterocycles. The standard InChI is InChI=1S/2C7H8O3S.Hg/c2*1-6-2-4-7(5-3-6)11(8,9)10;/h2*2-5H,1H3,(H,8,9,10);. The van der Waals surface area contributed by atoms with Gasteiger partial charge in [-0.25, -0.2) is 0 Å². The van der Waals surface area contributed by atoms with Crippen molar-refractivity contribution in [1.29, 1.82) is 0 Å². The van der Waals surface area contributed by atoms with Crippen molar-refractivity contribution in [3.05, 3.63) is 59.7 Å². The molecule has 0 amide bonds. The van der Waals surface area contributed by atoms with Crippen LogP contribution in [0.3, 0.4) is 0 Å². The van der Waals surface area contributed by atoms with E-state index in [9.17, 15) is 16.8 Å². The number of aryl methyl sites for hydroxylation is 2. The fraction of sp³-hybridized carbons (Fsp3) is 0.143. The van der Waals surface area contributed by atoms with E-state index in [0.29, 0.717) is 0 Å². The molecule has 23 heavy (non-hydrogen) atoms. The Balaban J connectivity index is 0.000000403. The zero-order valence-corrected chi connectivity index (χ0v) is 19.8. The molecule has 0 saturated carbocycles. The van der Waals surface area contributed by atoms with Gasteiger partial charge in [-0.1, -0.05) is 35.4 Å². The van der Waals surface area contributed by atoms with Gasteiger partial charge in [-0.2, -0.15) is 16.8 Å². The molecule has 2 N–H and O–H groups in total. The first-order valence-corrected chi connectivity index (χ1v) is 8.96. The van der Waals surface area contributed by atoms with Crippen LogP contribution in [0.15, 0.2) is 58.3 Å². The molecule has 0 radical (unpaired) electrons. The van der Waals surface area contributed by atoms with E-state index in [4.69, 9.17) is 9.11 Å². The summed E-state index contributed by atoms with van der Waals surface area (Å²) in [5.41, 5.74) is 1.91. The Labute approximate surface area is 156 Å². The largest absolute Gasteiger partial charge is 0.294 e. The Morgan fingerprint density at radius 2 is 0.826 bits per heavy atom. The minimum absolute atomic E-state index is 0. The molecule has 0 atom stereocenters. The van der Waals surface area contributed by atoms with Crippen molar-refractivity contribution in [2.45, 2.75) is 23.6 Å². The van der Waals surface area contributed by atoms with Crippen molar-refractivity contribution in [3.8, 4) is 0 Å². The maximum absolute atomic E-state index is 10.5. The first-order chi connectivity index (χ1) is 10.00. The van der Waals surface area contributed by atoms with E-state index < -0.39 is 20.2 Å². The summed E-state index contributed by atoms with van der Waals surface area (Å²) in [7, 11) is -8.04. The van der Waals surface area contributed by atoms with E-state index in [1.807, 2.05) is 13.8 Å². The molecule has 0 saturated heterocycles. The normalized spacial score (nSPS) is 11.0. The summed E-state index contributed by atoms with van der Waals surface area (Å²) >= 11 is 0. The summed E-state index contributed by atoms with van der Waals surface area (Å²) in [6, 6.07) is 12.0. The van der Waals surface area contributed by atoms with Gasteiger partial charge < -0.3 is 0 Å². The number of hydrogen-bond donors (Lipinski definition) is 2. The SMILES string of the molecule is Cc1ccc(S(=O)(=O)O)cc1.Cc1ccc(S(=O)(=O)O)cc1.[Hg].